The van der Waals surface area contributed by atoms with Crippen molar-refractivity contribution in [2.45, 2.75) is 44.2 Å². The Kier molecular flexibility index (Phi) is 3.88. The summed E-state index contributed by atoms with van der Waals surface area (Å²) in [4.78, 5) is 4.13. The second kappa shape index (κ2) is 6.01. The molecule has 1 aliphatic heterocycles. The van der Waals surface area contributed by atoms with E-state index in [2.05, 4.69) is 20.9 Å². The molecule has 0 amide bonds. The number of nitrogens with zero attached hydrogens (tertiary/aromatic N) is 3. The van der Waals surface area contributed by atoms with Crippen LogP contribution in [0.1, 0.15) is 49.9 Å². The Bertz CT molecular complexity index is 663. The van der Waals surface area contributed by atoms with Gasteiger partial charge in [-0.1, -0.05) is 0 Å². The highest BCUT2D eigenvalue weighted by Crippen LogP contribution is 2.40. The monoisotopic (exact) mass is 363 g/mol. The van der Waals surface area contributed by atoms with Gasteiger partial charge in [0.05, 0.1) is 12.2 Å². The summed E-state index contributed by atoms with van der Waals surface area (Å²) in [5, 5.41) is 4.75. The fraction of sp³-hybridized carbons (Fsp3) is 0.500. The molecule has 1 aliphatic carbocycles. The van der Waals surface area contributed by atoms with Crippen LogP contribution < -0.4 is 4.74 Å². The lowest BCUT2D eigenvalue weighted by Crippen LogP contribution is -2.13. The van der Waals surface area contributed by atoms with Crippen molar-refractivity contribution in [1.82, 2.24) is 14.8 Å². The smallest absolute Gasteiger partial charge is 0.171 e. The zero-order chi connectivity index (χ0) is 14.9. The maximum atomic E-state index is 6.07. The summed E-state index contributed by atoms with van der Waals surface area (Å²) in [5.74, 6) is 1.56. The van der Waals surface area contributed by atoms with Gasteiger partial charge in [-0.3, -0.25) is 4.68 Å². The van der Waals surface area contributed by atoms with Gasteiger partial charge >= 0.3 is 0 Å². The molecule has 0 bridgehead atoms. The van der Waals surface area contributed by atoms with E-state index < -0.39 is 0 Å². The molecule has 1 unspecified atom stereocenters. The number of hydrogen-bond donors (Lipinski definition) is 0. The minimum absolute atomic E-state index is 0.0500. The first-order valence-electron chi connectivity index (χ1n) is 7.79. The lowest BCUT2D eigenvalue weighted by molar-refractivity contribution is 0.0109. The molecule has 2 aliphatic rings. The minimum Gasteiger partial charge on any atom is -0.453 e. The van der Waals surface area contributed by atoms with Gasteiger partial charge in [0.2, 0.25) is 0 Å². The number of rotatable bonds is 4. The summed E-state index contributed by atoms with van der Waals surface area (Å²) in [7, 11) is 0. The summed E-state index contributed by atoms with van der Waals surface area (Å²) in [6, 6.07) is 4.24. The summed E-state index contributed by atoms with van der Waals surface area (Å²) in [6.45, 7) is 0.807. The van der Waals surface area contributed by atoms with Crippen LogP contribution in [-0.4, -0.2) is 21.4 Å². The third kappa shape index (κ3) is 3.03. The van der Waals surface area contributed by atoms with E-state index in [1.165, 1.54) is 19.3 Å². The predicted molar refractivity (Wildman–Crippen MR) is 85.1 cm³/mol. The second-order valence-electron chi connectivity index (χ2n) is 5.86. The van der Waals surface area contributed by atoms with Crippen molar-refractivity contribution < 1.29 is 9.47 Å². The van der Waals surface area contributed by atoms with Gasteiger partial charge in [-0.25, -0.2) is 4.98 Å². The predicted octanol–water partition coefficient (Wildman–Crippen LogP) is 4.41. The van der Waals surface area contributed by atoms with E-state index in [1.807, 2.05) is 23.0 Å². The molecule has 0 aromatic carbocycles. The molecule has 0 N–H and O–H groups in total. The van der Waals surface area contributed by atoms with E-state index >= 15 is 0 Å². The molecule has 4 rings (SSSR count). The molecule has 3 heterocycles. The number of pyridine rings is 1. The van der Waals surface area contributed by atoms with Gasteiger partial charge in [0, 0.05) is 18.9 Å². The van der Waals surface area contributed by atoms with E-state index in [9.17, 15) is 0 Å². The maximum absolute atomic E-state index is 6.07. The summed E-state index contributed by atoms with van der Waals surface area (Å²) in [5.41, 5.74) is 0.930. The van der Waals surface area contributed by atoms with Crippen LogP contribution in [0.5, 0.6) is 11.5 Å². The van der Waals surface area contributed by atoms with E-state index in [0.29, 0.717) is 6.04 Å². The molecule has 2 aromatic rings. The van der Waals surface area contributed by atoms with Crippen molar-refractivity contribution in [1.29, 1.82) is 0 Å². The van der Waals surface area contributed by atoms with E-state index in [4.69, 9.17) is 14.6 Å². The fourth-order valence-corrected chi connectivity index (χ4v) is 3.09. The van der Waals surface area contributed by atoms with Gasteiger partial charge in [-0.15, -0.1) is 0 Å². The Labute approximate surface area is 137 Å². The van der Waals surface area contributed by atoms with Gasteiger partial charge < -0.3 is 9.47 Å². The highest BCUT2D eigenvalue weighted by Gasteiger charge is 2.30. The number of halogens is 1. The molecule has 1 saturated carbocycles. The largest absolute Gasteiger partial charge is 0.453 e. The van der Waals surface area contributed by atoms with Crippen molar-refractivity contribution in [2.75, 3.05) is 6.61 Å². The highest BCUT2D eigenvalue weighted by atomic mass is 79.9. The van der Waals surface area contributed by atoms with E-state index in [-0.39, 0.29) is 6.10 Å². The SMILES string of the molecule is Brc1cc(Oc2cn(C3CC3)nc2C2CCCCO2)ccn1. The molecule has 1 atom stereocenters. The molecule has 6 heteroatoms. The van der Waals surface area contributed by atoms with Gasteiger partial charge in [-0.05, 0) is 54.1 Å². The lowest BCUT2D eigenvalue weighted by Gasteiger charge is -2.21. The van der Waals surface area contributed by atoms with Gasteiger partial charge in [0.15, 0.2) is 5.75 Å². The van der Waals surface area contributed by atoms with Crippen LogP contribution in [-0.2, 0) is 4.74 Å². The first-order valence-corrected chi connectivity index (χ1v) is 8.59. The average molecular weight is 364 g/mol. The first-order chi connectivity index (χ1) is 10.8. The topological polar surface area (TPSA) is 49.2 Å². The Morgan fingerprint density at radius 3 is 2.91 bits per heavy atom. The zero-order valence-corrected chi connectivity index (χ0v) is 13.8. The van der Waals surface area contributed by atoms with Crippen LogP contribution in [0.2, 0.25) is 0 Å². The van der Waals surface area contributed by atoms with Crippen molar-refractivity contribution in [2.24, 2.45) is 0 Å². The summed E-state index contributed by atoms with van der Waals surface area (Å²) < 4.78 is 14.8. The van der Waals surface area contributed by atoms with Crippen molar-refractivity contribution in [3.8, 4) is 11.5 Å². The Balaban J connectivity index is 1.63. The molecule has 0 spiro atoms. The molecule has 5 nitrogen and oxygen atoms in total. The minimum atomic E-state index is 0.0500. The second-order valence-corrected chi connectivity index (χ2v) is 6.67. The highest BCUT2D eigenvalue weighted by molar-refractivity contribution is 9.10. The Morgan fingerprint density at radius 1 is 1.27 bits per heavy atom. The molecular weight excluding hydrogens is 346 g/mol. The third-order valence-corrected chi connectivity index (χ3v) is 4.49. The Morgan fingerprint density at radius 2 is 2.18 bits per heavy atom. The van der Waals surface area contributed by atoms with Gasteiger partial charge in [-0.2, -0.15) is 5.10 Å². The van der Waals surface area contributed by atoms with Gasteiger partial charge in [0.1, 0.15) is 22.2 Å². The van der Waals surface area contributed by atoms with Crippen LogP contribution in [0.15, 0.2) is 29.1 Å². The molecule has 2 aromatic heterocycles. The van der Waals surface area contributed by atoms with Gasteiger partial charge in [0.25, 0.3) is 0 Å². The normalized spacial score (nSPS) is 21.8. The average Bonchev–Trinajstić information content (AvgIpc) is 3.30. The first kappa shape index (κ1) is 14.2. The van der Waals surface area contributed by atoms with Crippen LogP contribution in [0.3, 0.4) is 0 Å². The molecule has 22 heavy (non-hydrogen) atoms. The molecule has 116 valence electrons. The molecular formula is C16H18BrN3O2. The number of ether oxygens (including phenoxy) is 2. The van der Waals surface area contributed by atoms with Crippen LogP contribution >= 0.6 is 15.9 Å². The standard InChI is InChI=1S/C16H18BrN3O2/c17-15-9-12(6-7-18-15)22-14-10-20(11-4-5-11)19-16(14)13-3-1-2-8-21-13/h6-7,9-11,13H,1-5,8H2. The molecule has 2 fully saturated rings. The molecule has 0 radical (unpaired) electrons. The summed E-state index contributed by atoms with van der Waals surface area (Å²) in [6.07, 6.45) is 9.52. The van der Waals surface area contributed by atoms with Crippen LogP contribution in [0, 0.1) is 0 Å². The fourth-order valence-electron chi connectivity index (χ4n) is 2.75. The lowest BCUT2D eigenvalue weighted by atomic mass is 10.1. The van der Waals surface area contributed by atoms with Crippen LogP contribution in [0.4, 0.5) is 0 Å². The number of hydrogen-bond acceptors (Lipinski definition) is 4. The number of aromatic nitrogens is 3. The summed E-state index contributed by atoms with van der Waals surface area (Å²) >= 11 is 3.37. The van der Waals surface area contributed by atoms with Crippen molar-refractivity contribution in [3.05, 3.63) is 34.8 Å². The Hall–Kier alpha value is -1.40. The zero-order valence-electron chi connectivity index (χ0n) is 12.2. The third-order valence-electron chi connectivity index (χ3n) is 4.06. The quantitative estimate of drug-likeness (QED) is 0.754. The van der Waals surface area contributed by atoms with E-state index in [0.717, 1.165) is 41.2 Å². The molecule has 1 saturated heterocycles. The van der Waals surface area contributed by atoms with E-state index in [1.54, 1.807) is 6.20 Å². The maximum Gasteiger partial charge on any atom is 0.171 e. The van der Waals surface area contributed by atoms with Crippen molar-refractivity contribution in [3.63, 3.8) is 0 Å². The van der Waals surface area contributed by atoms with Crippen molar-refractivity contribution >= 4 is 15.9 Å². The van der Waals surface area contributed by atoms with Crippen LogP contribution in [0.25, 0.3) is 0 Å².